The van der Waals surface area contributed by atoms with Crippen molar-refractivity contribution in [3.8, 4) is 56.1 Å². The quantitative estimate of drug-likeness (QED) is 0.0435. The number of nitrogens with zero attached hydrogens (tertiary/aromatic N) is 7. The van der Waals surface area contributed by atoms with Gasteiger partial charge < -0.3 is 49.0 Å². The van der Waals surface area contributed by atoms with Crippen LogP contribution in [0.5, 0.6) is 0 Å². The fourth-order valence-corrected chi connectivity index (χ4v) is 8.35. The van der Waals surface area contributed by atoms with Crippen LogP contribution in [0.2, 0.25) is 0 Å². The van der Waals surface area contributed by atoms with Gasteiger partial charge in [0.25, 0.3) is 17.9 Å². The van der Waals surface area contributed by atoms with E-state index in [9.17, 15) is 23.2 Å². The van der Waals surface area contributed by atoms with Gasteiger partial charge in [0.1, 0.15) is 24.7 Å². The van der Waals surface area contributed by atoms with E-state index in [2.05, 4.69) is 62.8 Å². The third-order valence-electron chi connectivity index (χ3n) is 12.8. The van der Waals surface area contributed by atoms with Crippen LogP contribution >= 0.6 is 0 Å². The van der Waals surface area contributed by atoms with Gasteiger partial charge in [-0.05, 0) is 77.8 Å². The summed E-state index contributed by atoms with van der Waals surface area (Å²) >= 11 is 0. The number of nitrogens with two attached hydrogens (primary N) is 1. The number of carboxylic acids is 1. The summed E-state index contributed by atoms with van der Waals surface area (Å²) in [4.78, 5) is 44.3. The summed E-state index contributed by atoms with van der Waals surface area (Å²) < 4.78 is 41.3. The van der Waals surface area contributed by atoms with E-state index in [0.717, 1.165) is 98.5 Å². The first kappa shape index (κ1) is 70.1. The van der Waals surface area contributed by atoms with Crippen LogP contribution in [-0.4, -0.2) is 139 Å². The van der Waals surface area contributed by atoms with E-state index < -0.39 is 31.4 Å². The standard InChI is InChI=1S/C27H26FN5.C22H15FN2O.C5H13N3.C4H8BO4.C2H4O2.2ClH.Na/c1-31-15-17-32(18-16-31)29-19-23-20-30-33(27(23)25-9-5-6-10-26(25)28)24-13-11-22(12-14-24)21-7-3-2-4-8-21;23-21-9-5-4-8-20(21)22-18(15-26)14-24-25(22)19-12-10-17(11-13-19)16-6-2-1-3-7-16;1-7-2-4-8(6)5-3-7;1-3(6)8-5-9-4(2)7;1-2(3)4;;;/h2-14,19-20H,15-18H2,1H3;1-15H;2-6H2,1H3;5H2,1-2H3;1H3,(H,3,4);2*1H;/q;;;-1;;;;+1/b29-19-;;;;;;;. The zero-order valence-electron chi connectivity index (χ0n) is 47.6. The maximum atomic E-state index is 14.9. The van der Waals surface area contributed by atoms with E-state index in [1.807, 2.05) is 102 Å². The third-order valence-corrected chi connectivity index (χ3v) is 12.8. The Morgan fingerprint density at radius 2 is 0.976 bits per heavy atom. The molecule has 10 rings (SSSR count). The predicted octanol–water partition coefficient (Wildman–Crippen LogP) is -3.43. The van der Waals surface area contributed by atoms with E-state index in [1.165, 1.54) is 42.1 Å². The smallest absolute Gasteiger partial charge is 1.00 e. The number of hydrogen-bond donors (Lipinski definition) is 4. The number of rotatable bonds is 11. The van der Waals surface area contributed by atoms with Crippen molar-refractivity contribution in [2.75, 3.05) is 66.5 Å². The van der Waals surface area contributed by atoms with E-state index >= 15 is 0 Å². The average Bonchev–Trinajstić information content (AvgIpc) is 4.31. The summed E-state index contributed by atoms with van der Waals surface area (Å²) in [5.41, 5.74) is 9.29. The van der Waals surface area contributed by atoms with Crippen LogP contribution in [0, 0.1) is 11.6 Å². The average molecular weight is 1180 g/mol. The Labute approximate surface area is 518 Å². The second-order valence-corrected chi connectivity index (χ2v) is 18.8. The number of benzene rings is 6. The maximum Gasteiger partial charge on any atom is 1.00 e. The summed E-state index contributed by atoms with van der Waals surface area (Å²) in [6.07, 6.45) is 5.78. The van der Waals surface area contributed by atoms with Crippen LogP contribution in [0.25, 0.3) is 56.1 Å². The summed E-state index contributed by atoms with van der Waals surface area (Å²) in [5, 5.41) is 24.2. The molecule has 0 saturated carbocycles. The van der Waals surface area contributed by atoms with Gasteiger partial charge in [-0.1, -0.05) is 114 Å². The predicted molar refractivity (Wildman–Crippen MR) is 308 cm³/mol. The van der Waals surface area contributed by atoms with Crippen LogP contribution in [0.3, 0.4) is 0 Å². The Morgan fingerprint density at radius 3 is 1.36 bits per heavy atom. The van der Waals surface area contributed by atoms with Crippen molar-refractivity contribution < 1.29 is 107 Å². The molecule has 5 N–H and O–H groups in total. The summed E-state index contributed by atoms with van der Waals surface area (Å²) in [7, 11) is 3.06. The molecular weight excluding hydrogens is 1120 g/mol. The molecule has 2 aromatic heterocycles. The van der Waals surface area contributed by atoms with Gasteiger partial charge >= 0.3 is 37.2 Å². The molecule has 0 amide bonds. The number of piperazine rings is 2. The molecule has 0 aliphatic carbocycles. The van der Waals surface area contributed by atoms with Crippen LogP contribution < -0.4 is 70.1 Å². The number of hydrogen-bond acceptors (Lipinski definition) is 12. The number of carbonyl (C=O) groups excluding carboxylic acids is 3. The monoisotopic (exact) mass is 1180 g/mol. The first-order chi connectivity index (χ1) is 38.6. The molecule has 0 spiro atoms. The summed E-state index contributed by atoms with van der Waals surface area (Å²) in [5.74, 6) is 3.19. The minimum atomic E-state index is -1.27. The molecule has 2 fully saturated rings. The molecular formula is C60H68BCl2F2N10NaO7. The second kappa shape index (κ2) is 36.4. The van der Waals surface area contributed by atoms with Crippen molar-refractivity contribution in [1.29, 1.82) is 0 Å². The molecule has 0 unspecified atom stereocenters. The van der Waals surface area contributed by atoms with Gasteiger partial charge in [0.2, 0.25) is 0 Å². The molecule has 17 nitrogen and oxygen atoms in total. The third kappa shape index (κ3) is 22.1. The molecule has 6 aromatic carbocycles. The van der Waals surface area contributed by atoms with Crippen LogP contribution in [0.15, 0.2) is 175 Å². The SMILES string of the molecule is CC(=O)O.CC(=O)O[BH2-]OC(C)=O.CN1CCN(N)CC1.C[NH+]1CC[NH+](/N=C\c2cnn(-c3ccc(-c4ccccc4)cc3)c2-c2ccccc2F)CC1.O=Cc1cnn(-c2ccc(-c3ccccc3)cc2)c1-c1ccccc1F.[Cl-].[Cl-].[Na+]. The fourth-order valence-electron chi connectivity index (χ4n) is 8.35. The minimum absolute atomic E-state index is 0. The number of aliphatic carboxylic acids is 1. The zero-order chi connectivity index (χ0) is 57.4. The van der Waals surface area contributed by atoms with Gasteiger partial charge in [-0.15, -0.1) is 0 Å². The Hall–Kier alpha value is -7.21. The first-order valence-corrected chi connectivity index (χ1v) is 26.1. The number of aldehydes is 1. The number of likely N-dealkylation sites (N-methyl/N-ethyl adjacent to an activating group) is 2. The second-order valence-electron chi connectivity index (χ2n) is 18.8. The van der Waals surface area contributed by atoms with E-state index in [-0.39, 0.29) is 60.2 Å². The number of carboxylic acid groups (broad SMARTS) is 1. The molecule has 0 atom stereocenters. The Bertz CT molecular complexity index is 3250. The number of halogens is 4. The van der Waals surface area contributed by atoms with E-state index in [0.29, 0.717) is 34.4 Å². The Morgan fingerprint density at radius 1 is 0.602 bits per heavy atom. The maximum absolute atomic E-state index is 14.9. The van der Waals surface area contributed by atoms with Gasteiger partial charge in [0.05, 0.1) is 54.0 Å². The van der Waals surface area contributed by atoms with Crippen molar-refractivity contribution in [2.45, 2.75) is 20.8 Å². The molecule has 2 aliphatic rings. The van der Waals surface area contributed by atoms with Crippen LogP contribution in [0.4, 0.5) is 8.78 Å². The number of hydrazine groups is 1. The van der Waals surface area contributed by atoms with E-state index in [4.69, 9.17) is 20.8 Å². The van der Waals surface area contributed by atoms with Gasteiger partial charge in [0, 0.05) is 63.6 Å². The van der Waals surface area contributed by atoms with Crippen molar-refractivity contribution >= 4 is 38.1 Å². The fraction of sp³-hybridized carbons (Fsp3) is 0.217. The summed E-state index contributed by atoms with van der Waals surface area (Å²) in [6.45, 7) is 12.0. The minimum Gasteiger partial charge on any atom is -1.00 e. The Balaban J connectivity index is 0.000000319. The molecule has 0 radical (unpaired) electrons. The van der Waals surface area contributed by atoms with Crippen molar-refractivity contribution in [3.63, 3.8) is 0 Å². The number of carbonyl (C=O) groups is 4. The summed E-state index contributed by atoms with van der Waals surface area (Å²) in [6, 6.07) is 49.5. The van der Waals surface area contributed by atoms with Gasteiger partial charge in [-0.3, -0.25) is 25.0 Å². The molecule has 23 heteroatoms. The van der Waals surface area contributed by atoms with Gasteiger partial charge in [-0.25, -0.2) is 23.2 Å². The molecule has 432 valence electrons. The molecule has 8 aromatic rings. The Kier molecular flexibility index (Phi) is 30.7. The van der Waals surface area contributed by atoms with Crippen molar-refractivity contribution in [2.24, 2.45) is 10.9 Å². The normalized spacial score (nSPS) is 14.5. The van der Waals surface area contributed by atoms with Gasteiger partial charge in [0.15, 0.2) is 19.4 Å². The molecule has 2 aliphatic heterocycles. The molecule has 2 saturated heterocycles. The zero-order valence-corrected chi connectivity index (χ0v) is 51.1. The number of quaternary nitrogens is 2. The van der Waals surface area contributed by atoms with Crippen molar-refractivity contribution in [1.82, 2.24) is 29.5 Å². The first-order valence-electron chi connectivity index (χ1n) is 26.1. The molecule has 0 bridgehead atoms. The van der Waals surface area contributed by atoms with Crippen LogP contribution in [0.1, 0.15) is 36.7 Å². The van der Waals surface area contributed by atoms with Crippen molar-refractivity contribution in [3.05, 3.63) is 193 Å². The van der Waals surface area contributed by atoms with Crippen LogP contribution in [-0.2, 0) is 23.7 Å². The number of nitrogens with one attached hydrogen (secondary N) is 2. The largest absolute Gasteiger partial charge is 1.00 e. The topological polar surface area (TPSA) is 196 Å². The number of aromatic nitrogens is 4. The molecule has 4 heterocycles. The van der Waals surface area contributed by atoms with E-state index in [1.54, 1.807) is 45.9 Å². The van der Waals surface area contributed by atoms with Gasteiger partial charge in [-0.2, -0.15) is 15.2 Å². The molecule has 83 heavy (non-hydrogen) atoms.